The van der Waals surface area contributed by atoms with Crippen LogP contribution in [0.15, 0.2) is 0 Å². The van der Waals surface area contributed by atoms with Crippen LogP contribution in [0, 0.1) is 0 Å². The Morgan fingerprint density at radius 3 is 1.68 bits per heavy atom. The lowest BCUT2D eigenvalue weighted by atomic mass is 9.87. The van der Waals surface area contributed by atoms with E-state index in [0.29, 0.717) is 0 Å². The number of hydrogen-bond donors (Lipinski definition) is 0. The maximum absolute atomic E-state index is 7.04. The summed E-state index contributed by atoms with van der Waals surface area (Å²) in [5, 5.41) is 0. The molecule has 0 aromatic heterocycles. The third kappa shape index (κ3) is 5.79. The van der Waals surface area contributed by atoms with Gasteiger partial charge in [-0.3, -0.25) is 0 Å². The summed E-state index contributed by atoms with van der Waals surface area (Å²) < 4.78 is 7.04. The van der Waals surface area contributed by atoms with Crippen molar-refractivity contribution in [3.05, 3.63) is 0 Å². The maximum atomic E-state index is 7.04. The maximum Gasteiger partial charge on any atom is 0.174 e. The predicted octanol–water partition coefficient (Wildman–Crippen LogP) is 7.08. The van der Waals surface area contributed by atoms with Crippen LogP contribution in [0.4, 0.5) is 0 Å². The monoisotopic (exact) mass is 342 g/mol. The average Bonchev–Trinajstić information content (AvgIpc) is 2.44. The van der Waals surface area contributed by atoms with Crippen molar-refractivity contribution in [1.82, 2.24) is 0 Å². The van der Waals surface area contributed by atoms with Gasteiger partial charge < -0.3 is 4.43 Å². The molecule has 1 nitrogen and oxygen atoms in total. The lowest BCUT2D eigenvalue weighted by Gasteiger charge is -2.52. The van der Waals surface area contributed by atoms with Crippen LogP contribution in [0.2, 0.25) is 32.2 Å². The molecule has 1 aliphatic rings. The van der Waals surface area contributed by atoms with E-state index in [1.165, 1.54) is 76.7 Å². The van der Waals surface area contributed by atoms with Crippen molar-refractivity contribution in [2.24, 2.45) is 0 Å². The zero-order valence-corrected chi connectivity index (χ0v) is 18.4. The van der Waals surface area contributed by atoms with Crippen LogP contribution in [-0.2, 0) is 4.43 Å². The molecule has 0 aromatic carbocycles. The van der Waals surface area contributed by atoms with Crippen LogP contribution < -0.4 is 0 Å². The summed E-state index contributed by atoms with van der Waals surface area (Å²) in [6.07, 6.45) is 15.1. The van der Waals surface area contributed by atoms with Gasteiger partial charge in [0.2, 0.25) is 0 Å². The minimum atomic E-state index is -1.45. The molecule has 0 amide bonds. The molecule has 1 fully saturated rings. The molecule has 0 unspecified atom stereocenters. The van der Waals surface area contributed by atoms with Gasteiger partial charge in [-0.15, -0.1) is 0 Å². The van der Waals surface area contributed by atoms with E-state index in [0.717, 1.165) is 0 Å². The topological polar surface area (TPSA) is 9.23 Å². The second-order valence-electron chi connectivity index (χ2n) is 8.80. The molecule has 0 bridgehead atoms. The number of rotatable bonds is 10. The highest BCUT2D eigenvalue weighted by atomic mass is 29.3. The molecule has 0 spiro atoms. The highest BCUT2D eigenvalue weighted by Crippen LogP contribution is 2.44. The van der Waals surface area contributed by atoms with Crippen LogP contribution in [0.25, 0.3) is 0 Å². The smallest absolute Gasteiger partial charge is 0.174 e. The Morgan fingerprint density at radius 1 is 0.773 bits per heavy atom. The first-order chi connectivity index (χ1) is 10.3. The van der Waals surface area contributed by atoms with Gasteiger partial charge in [0.15, 0.2) is 7.83 Å². The van der Waals surface area contributed by atoms with E-state index in [4.69, 9.17) is 4.43 Å². The fraction of sp³-hybridized carbons (Fsp3) is 1.00. The molecular weight excluding hydrogens is 300 g/mol. The lowest BCUT2D eigenvalue weighted by molar-refractivity contribution is 0.0299. The van der Waals surface area contributed by atoms with E-state index in [-0.39, 0.29) is 5.60 Å². The van der Waals surface area contributed by atoms with E-state index in [1.54, 1.807) is 0 Å². The van der Waals surface area contributed by atoms with Gasteiger partial charge in [0.25, 0.3) is 0 Å². The molecule has 132 valence electrons. The Hall–Kier alpha value is 0.394. The van der Waals surface area contributed by atoms with E-state index >= 15 is 0 Å². The molecule has 1 saturated heterocycles. The SMILES string of the molecule is CCCCCCC1(CCCCCC)CC[Si](C)(C)[Si](C)(C)O1. The van der Waals surface area contributed by atoms with E-state index in [1.807, 2.05) is 0 Å². The van der Waals surface area contributed by atoms with Crippen molar-refractivity contribution in [1.29, 1.82) is 0 Å². The van der Waals surface area contributed by atoms with Gasteiger partial charge >= 0.3 is 0 Å². The third-order valence-corrected chi connectivity index (χ3v) is 22.8. The largest absolute Gasteiger partial charge is 0.415 e. The van der Waals surface area contributed by atoms with Gasteiger partial charge in [0.05, 0.1) is 13.2 Å². The Labute approximate surface area is 142 Å². The fourth-order valence-corrected chi connectivity index (χ4v) is 10.8. The second kappa shape index (κ2) is 9.03. The second-order valence-corrected chi connectivity index (χ2v) is 24.0. The molecule has 0 atom stereocenters. The number of unbranched alkanes of at least 4 members (excludes halogenated alkanes) is 6. The minimum Gasteiger partial charge on any atom is -0.415 e. The molecule has 0 aliphatic carbocycles. The molecule has 1 aliphatic heterocycles. The highest BCUT2D eigenvalue weighted by Gasteiger charge is 2.52. The quantitative estimate of drug-likeness (QED) is 0.304. The molecule has 0 saturated carbocycles. The van der Waals surface area contributed by atoms with Crippen LogP contribution in [0.3, 0.4) is 0 Å². The first-order valence-electron chi connectivity index (χ1n) is 9.99. The van der Waals surface area contributed by atoms with Crippen LogP contribution in [0.1, 0.15) is 84.5 Å². The Kier molecular flexibility index (Phi) is 8.39. The summed E-state index contributed by atoms with van der Waals surface area (Å²) >= 11 is 0. The van der Waals surface area contributed by atoms with Crippen LogP contribution in [-0.4, -0.2) is 21.0 Å². The zero-order chi connectivity index (χ0) is 16.7. The third-order valence-electron chi connectivity index (χ3n) is 6.28. The standard InChI is InChI=1S/C19H42OSi2/c1-7-9-11-13-15-19(16-14-12-10-8-2)17-18-21(3,4)22(5,6)20-19/h7-18H2,1-6H3. The molecule has 3 heteroatoms. The van der Waals surface area contributed by atoms with Gasteiger partial charge in [-0.1, -0.05) is 84.4 Å². The first-order valence-corrected chi connectivity index (χ1v) is 17.1. The molecule has 0 radical (unpaired) electrons. The molecule has 1 rings (SSSR count). The summed E-state index contributed by atoms with van der Waals surface area (Å²) in [5.41, 5.74) is 0.264. The Morgan fingerprint density at radius 2 is 1.27 bits per heavy atom. The van der Waals surface area contributed by atoms with Gasteiger partial charge in [-0.2, -0.15) is 0 Å². The highest BCUT2D eigenvalue weighted by molar-refractivity contribution is 7.38. The van der Waals surface area contributed by atoms with Crippen molar-refractivity contribution in [3.8, 4) is 0 Å². The number of hydrogen-bond acceptors (Lipinski definition) is 1. The van der Waals surface area contributed by atoms with Gasteiger partial charge in [0, 0.05) is 0 Å². The molecule has 22 heavy (non-hydrogen) atoms. The van der Waals surface area contributed by atoms with Gasteiger partial charge in [-0.25, -0.2) is 0 Å². The van der Waals surface area contributed by atoms with Gasteiger partial charge in [0.1, 0.15) is 0 Å². The first kappa shape index (κ1) is 20.4. The van der Waals surface area contributed by atoms with E-state index in [9.17, 15) is 0 Å². The van der Waals surface area contributed by atoms with Crippen molar-refractivity contribution < 1.29 is 4.43 Å². The summed E-state index contributed by atoms with van der Waals surface area (Å²) in [4.78, 5) is 0. The zero-order valence-electron chi connectivity index (χ0n) is 16.4. The van der Waals surface area contributed by atoms with Crippen molar-refractivity contribution in [2.45, 2.75) is 122 Å². The van der Waals surface area contributed by atoms with Crippen molar-refractivity contribution in [3.63, 3.8) is 0 Å². The van der Waals surface area contributed by atoms with E-state index in [2.05, 4.69) is 40.0 Å². The summed E-state index contributed by atoms with van der Waals surface area (Å²) in [6.45, 7) is 14.8. The van der Waals surface area contributed by atoms with Crippen molar-refractivity contribution in [2.75, 3.05) is 0 Å². The average molecular weight is 343 g/mol. The minimum absolute atomic E-state index is 0.264. The fourth-order valence-electron chi connectivity index (χ4n) is 3.80. The summed E-state index contributed by atoms with van der Waals surface area (Å²) in [7, 11) is -2.55. The van der Waals surface area contributed by atoms with E-state index < -0.39 is 15.4 Å². The summed E-state index contributed by atoms with van der Waals surface area (Å²) in [6, 6.07) is 1.51. The molecule has 0 aromatic rings. The Bertz CT molecular complexity index is 301. The summed E-state index contributed by atoms with van der Waals surface area (Å²) in [5.74, 6) is 0. The molecule has 0 N–H and O–H groups in total. The Balaban J connectivity index is 2.65. The van der Waals surface area contributed by atoms with Crippen LogP contribution >= 0.6 is 0 Å². The molecular formula is C19H42OSi2. The lowest BCUT2D eigenvalue weighted by Crippen LogP contribution is -2.65. The van der Waals surface area contributed by atoms with Crippen molar-refractivity contribution >= 4 is 15.4 Å². The van der Waals surface area contributed by atoms with Gasteiger partial charge in [-0.05, 0) is 32.4 Å². The molecule has 1 heterocycles. The predicted molar refractivity (Wildman–Crippen MR) is 106 cm³/mol. The normalized spacial score (nSPS) is 22.6. The van der Waals surface area contributed by atoms with Crippen LogP contribution in [0.5, 0.6) is 0 Å².